The van der Waals surface area contributed by atoms with Crippen LogP contribution in [0.15, 0.2) is 192 Å². The van der Waals surface area contributed by atoms with Gasteiger partial charge in [-0.05, 0) is 138 Å². The van der Waals surface area contributed by atoms with Gasteiger partial charge in [0.25, 0.3) is 0 Å². The fourth-order valence-electron chi connectivity index (χ4n) is 12.8. The Morgan fingerprint density at radius 2 is 1.01 bits per heavy atom. The highest BCUT2D eigenvalue weighted by Crippen LogP contribution is 2.46. The Hall–Kier alpha value is -7.36. The van der Waals surface area contributed by atoms with Crippen molar-refractivity contribution in [3.05, 3.63) is 227 Å². The second-order valence-electron chi connectivity index (χ2n) is 26.5. The Bertz CT molecular complexity index is 3880. The summed E-state index contributed by atoms with van der Waals surface area (Å²) in [6.45, 7) is 28.0. The third kappa shape index (κ3) is 9.14. The number of nitrogens with zero attached hydrogens (tertiary/aromatic N) is 1. The number of anilines is 3. The van der Waals surface area contributed by atoms with Gasteiger partial charge >= 0.3 is 0 Å². The molecule has 12 rings (SSSR count). The normalized spacial score (nSPS) is 14.9. The van der Waals surface area contributed by atoms with Crippen LogP contribution < -0.4 is 21.3 Å². The Kier molecular flexibility index (Phi) is 12.2. The predicted molar refractivity (Wildman–Crippen MR) is 332 cm³/mol. The summed E-state index contributed by atoms with van der Waals surface area (Å²) < 4.78 is 7.12. The molecular formula is C74H74BNO. The van der Waals surface area contributed by atoms with Gasteiger partial charge in [-0.2, -0.15) is 0 Å². The lowest BCUT2D eigenvalue weighted by Crippen LogP contribution is -2.59. The fraction of sp³-hybridized carbons (Fsp3) is 0.270. The zero-order valence-electron chi connectivity index (χ0n) is 47.5. The van der Waals surface area contributed by atoms with E-state index < -0.39 is 0 Å². The number of para-hydroxylation sites is 2. The molecule has 3 heteroatoms. The fourth-order valence-corrected chi connectivity index (χ4v) is 12.8. The lowest BCUT2D eigenvalue weighted by Gasteiger charge is -2.40. The van der Waals surface area contributed by atoms with Crippen LogP contribution >= 0.6 is 0 Å². The van der Waals surface area contributed by atoms with Crippen molar-refractivity contribution in [3.8, 4) is 33.4 Å². The molecule has 0 radical (unpaired) electrons. The van der Waals surface area contributed by atoms with Gasteiger partial charge in [0, 0.05) is 39.0 Å². The molecule has 1 aromatic heterocycles. The number of hydrogen-bond donors (Lipinski definition) is 0. The summed E-state index contributed by atoms with van der Waals surface area (Å²) in [5.74, 6) is 0.206. The highest BCUT2D eigenvalue weighted by atomic mass is 16.3. The standard InChI is InChI=1S/C74H74BNO/c1-71(2,3)54-35-38-57(39-36-54)76-66-40-37-56(73(7,8)9)46-65(66)75-64-45-55(72(4,5)6)34-33-51(64)42-50(31-32-52-43-53(44-67(76)68(52)75)49-24-18-23-48(41-49)47-21-14-13-15-22-47)58-25-16-17-26-59(58)60-27-19-28-61-62-29-20-30-63(74(10,11)12)70(62)77-69(60)61/h13-30,33-41,43-46,50H,31-32,42H2,1-12H3. The Morgan fingerprint density at radius 1 is 0.429 bits per heavy atom. The van der Waals surface area contributed by atoms with Crippen molar-refractivity contribution in [2.45, 2.75) is 130 Å². The molecule has 77 heavy (non-hydrogen) atoms. The molecule has 0 saturated carbocycles. The van der Waals surface area contributed by atoms with Crippen LogP contribution in [0, 0.1) is 0 Å². The highest BCUT2D eigenvalue weighted by molar-refractivity contribution is 6.98. The molecule has 2 aliphatic heterocycles. The second kappa shape index (κ2) is 18.7. The largest absolute Gasteiger partial charge is 0.455 e. The molecule has 384 valence electrons. The van der Waals surface area contributed by atoms with E-state index in [9.17, 15) is 0 Å². The summed E-state index contributed by atoms with van der Waals surface area (Å²) in [5.41, 5.74) is 26.6. The molecule has 0 N–H and O–H groups in total. The van der Waals surface area contributed by atoms with E-state index in [4.69, 9.17) is 4.42 Å². The maximum Gasteiger partial charge on any atom is 0.247 e. The van der Waals surface area contributed by atoms with Gasteiger partial charge in [-0.25, -0.2) is 0 Å². The van der Waals surface area contributed by atoms with Crippen LogP contribution in [0.4, 0.5) is 17.1 Å². The number of aryl methyl sites for hydroxylation is 1. The molecule has 1 atom stereocenters. The summed E-state index contributed by atoms with van der Waals surface area (Å²) >= 11 is 0. The summed E-state index contributed by atoms with van der Waals surface area (Å²) in [4.78, 5) is 2.62. The molecule has 2 aliphatic rings. The van der Waals surface area contributed by atoms with Gasteiger partial charge in [0.1, 0.15) is 11.2 Å². The minimum Gasteiger partial charge on any atom is -0.455 e. The molecule has 0 bridgehead atoms. The highest BCUT2D eigenvalue weighted by Gasteiger charge is 2.41. The first-order valence-corrected chi connectivity index (χ1v) is 28.3. The van der Waals surface area contributed by atoms with Crippen LogP contribution in [0.3, 0.4) is 0 Å². The third-order valence-electron chi connectivity index (χ3n) is 17.1. The Balaban J connectivity index is 1.13. The minimum absolute atomic E-state index is 0.000274. The average Bonchev–Trinajstić information content (AvgIpc) is 4.08. The SMILES string of the molecule is CC(C)(C)c1ccc(N2c3ccc(C(C)(C)C)cc3B3c4cc(C(C)(C)C)ccc4CC(c4ccccc4-c4cccc5c4oc4c(C(C)(C)C)cccc45)CCc4cc(-c5cccc(-c6ccccc6)c5)cc2c43)cc1. The van der Waals surface area contributed by atoms with Crippen molar-refractivity contribution in [1.82, 2.24) is 0 Å². The van der Waals surface area contributed by atoms with Crippen molar-refractivity contribution in [2.24, 2.45) is 0 Å². The molecular weight excluding hydrogens is 930 g/mol. The molecule has 0 spiro atoms. The van der Waals surface area contributed by atoms with E-state index in [1.165, 1.54) is 111 Å². The monoisotopic (exact) mass is 1000 g/mol. The molecule has 0 saturated heterocycles. The summed E-state index contributed by atoms with van der Waals surface area (Å²) in [7, 11) is 0. The van der Waals surface area contributed by atoms with Crippen molar-refractivity contribution < 1.29 is 4.42 Å². The van der Waals surface area contributed by atoms with Gasteiger partial charge < -0.3 is 9.32 Å². The molecule has 0 fully saturated rings. The van der Waals surface area contributed by atoms with E-state index in [1.807, 2.05) is 0 Å². The second-order valence-corrected chi connectivity index (χ2v) is 26.5. The van der Waals surface area contributed by atoms with Gasteiger partial charge in [-0.3, -0.25) is 0 Å². The van der Waals surface area contributed by atoms with Crippen LogP contribution in [0.1, 0.15) is 134 Å². The predicted octanol–water partition coefficient (Wildman–Crippen LogP) is 18.3. The zero-order chi connectivity index (χ0) is 53.8. The smallest absolute Gasteiger partial charge is 0.247 e. The van der Waals surface area contributed by atoms with Crippen molar-refractivity contribution >= 4 is 62.1 Å². The maximum absolute atomic E-state index is 7.12. The molecule has 3 heterocycles. The van der Waals surface area contributed by atoms with E-state index in [2.05, 4.69) is 276 Å². The number of hydrogen-bond acceptors (Lipinski definition) is 2. The lowest BCUT2D eigenvalue weighted by molar-refractivity contribution is 0.573. The zero-order valence-corrected chi connectivity index (χ0v) is 47.5. The average molecular weight is 1000 g/mol. The Morgan fingerprint density at radius 3 is 1.71 bits per heavy atom. The lowest BCUT2D eigenvalue weighted by atomic mass is 9.33. The van der Waals surface area contributed by atoms with E-state index in [0.717, 1.165) is 36.0 Å². The number of furan rings is 1. The van der Waals surface area contributed by atoms with Crippen LogP contribution in [0.25, 0.3) is 55.3 Å². The van der Waals surface area contributed by atoms with E-state index in [0.29, 0.717) is 0 Å². The van der Waals surface area contributed by atoms with E-state index in [-0.39, 0.29) is 34.3 Å². The first kappa shape index (κ1) is 50.5. The van der Waals surface area contributed by atoms with Crippen molar-refractivity contribution in [3.63, 3.8) is 0 Å². The first-order chi connectivity index (χ1) is 36.7. The van der Waals surface area contributed by atoms with E-state index >= 15 is 0 Å². The first-order valence-electron chi connectivity index (χ1n) is 28.3. The van der Waals surface area contributed by atoms with Crippen molar-refractivity contribution in [1.29, 1.82) is 0 Å². The van der Waals surface area contributed by atoms with Gasteiger partial charge in [-0.1, -0.05) is 257 Å². The van der Waals surface area contributed by atoms with Crippen LogP contribution in [-0.2, 0) is 34.5 Å². The quantitative estimate of drug-likeness (QED) is 0.160. The maximum atomic E-state index is 7.12. The number of fused-ring (bicyclic) bond motifs is 7. The van der Waals surface area contributed by atoms with E-state index in [1.54, 1.807) is 0 Å². The summed E-state index contributed by atoms with van der Waals surface area (Å²) in [6.07, 6.45) is 2.81. The molecule has 0 amide bonds. The molecule has 1 unspecified atom stereocenters. The van der Waals surface area contributed by atoms with Crippen molar-refractivity contribution in [2.75, 3.05) is 4.90 Å². The van der Waals surface area contributed by atoms with Crippen LogP contribution in [0.5, 0.6) is 0 Å². The molecule has 0 aliphatic carbocycles. The van der Waals surface area contributed by atoms with Gasteiger partial charge in [0.2, 0.25) is 6.71 Å². The van der Waals surface area contributed by atoms with Gasteiger partial charge in [-0.15, -0.1) is 0 Å². The third-order valence-corrected chi connectivity index (χ3v) is 17.1. The summed E-state index contributed by atoms with van der Waals surface area (Å²) in [5, 5.41) is 2.35. The molecule has 2 nitrogen and oxygen atoms in total. The molecule has 10 aromatic rings. The minimum atomic E-state index is -0.0636. The number of benzene rings is 9. The van der Waals surface area contributed by atoms with Gasteiger partial charge in [0.05, 0.1) is 0 Å². The van der Waals surface area contributed by atoms with Crippen LogP contribution in [-0.4, -0.2) is 6.71 Å². The molecule has 9 aromatic carbocycles. The number of rotatable bonds is 5. The summed E-state index contributed by atoms with van der Waals surface area (Å²) in [6, 6.07) is 72.3. The van der Waals surface area contributed by atoms with Crippen LogP contribution in [0.2, 0.25) is 0 Å². The Labute approximate surface area is 459 Å². The topological polar surface area (TPSA) is 16.4 Å². The van der Waals surface area contributed by atoms with Gasteiger partial charge in [0.15, 0.2) is 0 Å².